The molecule has 0 aromatic heterocycles. The van der Waals surface area contributed by atoms with Crippen LogP contribution < -0.4 is 0 Å². The molecule has 0 aliphatic carbocycles. The van der Waals surface area contributed by atoms with Crippen LogP contribution in [0.25, 0.3) is 0 Å². The summed E-state index contributed by atoms with van der Waals surface area (Å²) in [6.45, 7) is 5.95. The molecule has 0 fully saturated rings. The highest BCUT2D eigenvalue weighted by molar-refractivity contribution is 5.69. The molecular weight excluding hydrogens is 228 g/mol. The normalized spacial score (nSPS) is 13.3. The van der Waals surface area contributed by atoms with Crippen LogP contribution >= 0.6 is 0 Å². The molecule has 0 spiro atoms. The molecule has 0 radical (unpaired) electrons. The summed E-state index contributed by atoms with van der Waals surface area (Å²) >= 11 is 0. The number of rotatable bonds is 6. The molecule has 0 saturated heterocycles. The lowest BCUT2D eigenvalue weighted by atomic mass is 9.78. The molecule has 0 heterocycles. The fourth-order valence-electron chi connectivity index (χ4n) is 2.22. The third-order valence-corrected chi connectivity index (χ3v) is 3.25. The molecule has 3 nitrogen and oxygen atoms in total. The van der Waals surface area contributed by atoms with E-state index in [-0.39, 0.29) is 17.9 Å². The number of methoxy groups -OCH3 is 1. The number of benzene rings is 1. The second-order valence-corrected chi connectivity index (χ2v) is 5.36. The number of hydrogen-bond donors (Lipinski definition) is 1. The van der Waals surface area contributed by atoms with Crippen molar-refractivity contribution in [3.63, 3.8) is 0 Å². The Bertz CT molecular complexity index is 410. The van der Waals surface area contributed by atoms with Gasteiger partial charge in [0, 0.05) is 12.5 Å². The van der Waals surface area contributed by atoms with Crippen LogP contribution in [0, 0.1) is 0 Å². The predicted molar refractivity (Wildman–Crippen MR) is 71.9 cm³/mol. The van der Waals surface area contributed by atoms with Crippen molar-refractivity contribution in [3.05, 3.63) is 35.4 Å². The molecule has 0 saturated carbocycles. The van der Waals surface area contributed by atoms with Gasteiger partial charge < -0.3 is 9.84 Å². The van der Waals surface area contributed by atoms with Crippen LogP contribution in [0.1, 0.15) is 38.3 Å². The van der Waals surface area contributed by atoms with Gasteiger partial charge in [0.15, 0.2) is 0 Å². The molecule has 18 heavy (non-hydrogen) atoms. The average Bonchev–Trinajstić information content (AvgIpc) is 2.27. The Hall–Kier alpha value is -1.35. The highest BCUT2D eigenvalue weighted by Gasteiger charge is 2.26. The Labute approximate surface area is 109 Å². The quantitative estimate of drug-likeness (QED) is 0.844. The SMILES string of the molecule is COC(C)Cc1ccccc1C(C)(C)CC(=O)O. The number of carboxylic acids is 1. The van der Waals surface area contributed by atoms with Gasteiger partial charge in [-0.05, 0) is 24.5 Å². The Morgan fingerprint density at radius 2 is 2.00 bits per heavy atom. The molecule has 1 N–H and O–H groups in total. The zero-order valence-corrected chi connectivity index (χ0v) is 11.6. The van der Waals surface area contributed by atoms with Gasteiger partial charge in [-0.2, -0.15) is 0 Å². The minimum Gasteiger partial charge on any atom is -0.481 e. The molecule has 1 aromatic carbocycles. The molecule has 0 amide bonds. The van der Waals surface area contributed by atoms with E-state index in [1.54, 1.807) is 7.11 Å². The van der Waals surface area contributed by atoms with Crippen molar-refractivity contribution in [1.29, 1.82) is 0 Å². The van der Waals surface area contributed by atoms with Gasteiger partial charge in [-0.1, -0.05) is 38.1 Å². The second-order valence-electron chi connectivity index (χ2n) is 5.36. The van der Waals surface area contributed by atoms with E-state index >= 15 is 0 Å². The minimum atomic E-state index is -0.769. The second kappa shape index (κ2) is 6.01. The van der Waals surface area contributed by atoms with E-state index in [2.05, 4.69) is 6.07 Å². The van der Waals surface area contributed by atoms with Crippen molar-refractivity contribution in [2.24, 2.45) is 0 Å². The van der Waals surface area contributed by atoms with Crippen LogP contribution in [-0.4, -0.2) is 24.3 Å². The molecule has 0 aliphatic rings. The maximum atomic E-state index is 11.0. The highest BCUT2D eigenvalue weighted by atomic mass is 16.5. The van der Waals surface area contributed by atoms with E-state index in [0.717, 1.165) is 17.5 Å². The van der Waals surface area contributed by atoms with Crippen LogP contribution in [-0.2, 0) is 21.4 Å². The minimum absolute atomic E-state index is 0.130. The van der Waals surface area contributed by atoms with Crippen LogP contribution in [0.4, 0.5) is 0 Å². The first-order valence-corrected chi connectivity index (χ1v) is 6.20. The van der Waals surface area contributed by atoms with Gasteiger partial charge in [0.2, 0.25) is 0 Å². The fraction of sp³-hybridized carbons (Fsp3) is 0.533. The van der Waals surface area contributed by atoms with Gasteiger partial charge in [0.25, 0.3) is 0 Å². The van der Waals surface area contributed by atoms with Crippen molar-refractivity contribution in [2.45, 2.75) is 45.1 Å². The van der Waals surface area contributed by atoms with Crippen molar-refractivity contribution in [3.8, 4) is 0 Å². The van der Waals surface area contributed by atoms with Crippen molar-refractivity contribution < 1.29 is 14.6 Å². The summed E-state index contributed by atoms with van der Waals surface area (Å²) in [4.78, 5) is 11.0. The number of hydrogen-bond acceptors (Lipinski definition) is 2. The van der Waals surface area contributed by atoms with Crippen LogP contribution in [0.3, 0.4) is 0 Å². The first kappa shape index (κ1) is 14.7. The zero-order valence-electron chi connectivity index (χ0n) is 11.6. The topological polar surface area (TPSA) is 46.5 Å². The average molecular weight is 250 g/mol. The number of ether oxygens (including phenoxy) is 1. The Balaban J connectivity index is 3.04. The first-order chi connectivity index (χ1) is 8.36. The highest BCUT2D eigenvalue weighted by Crippen LogP contribution is 2.30. The Morgan fingerprint density at radius 3 is 2.56 bits per heavy atom. The molecule has 3 heteroatoms. The van der Waals surface area contributed by atoms with Gasteiger partial charge in [-0.15, -0.1) is 0 Å². The lowest BCUT2D eigenvalue weighted by molar-refractivity contribution is -0.138. The van der Waals surface area contributed by atoms with Gasteiger partial charge in [0.05, 0.1) is 12.5 Å². The molecule has 0 aliphatic heterocycles. The monoisotopic (exact) mass is 250 g/mol. The molecule has 100 valence electrons. The van der Waals surface area contributed by atoms with E-state index in [4.69, 9.17) is 9.84 Å². The van der Waals surface area contributed by atoms with Gasteiger partial charge in [0.1, 0.15) is 0 Å². The summed E-state index contributed by atoms with van der Waals surface area (Å²) in [5.74, 6) is -0.769. The van der Waals surface area contributed by atoms with E-state index < -0.39 is 5.97 Å². The lowest BCUT2D eigenvalue weighted by Crippen LogP contribution is -2.24. The van der Waals surface area contributed by atoms with Crippen LogP contribution in [0.5, 0.6) is 0 Å². The Morgan fingerprint density at radius 1 is 1.39 bits per heavy atom. The summed E-state index contributed by atoms with van der Waals surface area (Å²) in [7, 11) is 1.69. The fourth-order valence-corrected chi connectivity index (χ4v) is 2.22. The van der Waals surface area contributed by atoms with E-state index in [1.807, 2.05) is 39.0 Å². The van der Waals surface area contributed by atoms with Crippen molar-refractivity contribution >= 4 is 5.97 Å². The van der Waals surface area contributed by atoms with Crippen LogP contribution in [0.15, 0.2) is 24.3 Å². The smallest absolute Gasteiger partial charge is 0.304 e. The van der Waals surface area contributed by atoms with E-state index in [1.165, 1.54) is 0 Å². The summed E-state index contributed by atoms with van der Waals surface area (Å²) in [5, 5.41) is 9.00. The molecule has 1 atom stereocenters. The summed E-state index contributed by atoms with van der Waals surface area (Å²) in [6, 6.07) is 8.01. The van der Waals surface area contributed by atoms with E-state index in [0.29, 0.717) is 0 Å². The number of aliphatic carboxylic acids is 1. The first-order valence-electron chi connectivity index (χ1n) is 6.20. The van der Waals surface area contributed by atoms with E-state index in [9.17, 15) is 4.79 Å². The Kier molecular flexibility index (Phi) is 4.91. The summed E-state index contributed by atoms with van der Waals surface area (Å²) in [5.41, 5.74) is 1.89. The maximum absolute atomic E-state index is 11.0. The largest absolute Gasteiger partial charge is 0.481 e. The van der Waals surface area contributed by atoms with Gasteiger partial charge >= 0.3 is 5.97 Å². The van der Waals surface area contributed by atoms with Crippen molar-refractivity contribution in [2.75, 3.05) is 7.11 Å². The molecule has 0 bridgehead atoms. The number of carboxylic acid groups (broad SMARTS) is 1. The molecule has 1 unspecified atom stereocenters. The summed E-state index contributed by atoms with van der Waals surface area (Å²) in [6.07, 6.45) is 1.06. The van der Waals surface area contributed by atoms with Crippen molar-refractivity contribution in [1.82, 2.24) is 0 Å². The zero-order chi connectivity index (χ0) is 13.8. The third-order valence-electron chi connectivity index (χ3n) is 3.25. The molecule has 1 aromatic rings. The lowest BCUT2D eigenvalue weighted by Gasteiger charge is -2.27. The van der Waals surface area contributed by atoms with Gasteiger partial charge in [-0.25, -0.2) is 0 Å². The third kappa shape index (κ3) is 3.84. The maximum Gasteiger partial charge on any atom is 0.304 e. The molecule has 1 rings (SSSR count). The number of carbonyl (C=O) groups is 1. The predicted octanol–water partition coefficient (Wildman–Crippen LogP) is 3.02. The summed E-state index contributed by atoms with van der Waals surface area (Å²) < 4.78 is 5.29. The standard InChI is InChI=1S/C15H22O3/c1-11(18-4)9-12-7-5-6-8-13(12)15(2,3)10-14(16)17/h5-8,11H,9-10H2,1-4H3,(H,16,17). The van der Waals surface area contributed by atoms with Gasteiger partial charge in [-0.3, -0.25) is 4.79 Å². The van der Waals surface area contributed by atoms with Crippen LogP contribution in [0.2, 0.25) is 0 Å². The molecular formula is C15H22O3.